The Morgan fingerprint density at radius 3 is 2.96 bits per heavy atom. The quantitative estimate of drug-likeness (QED) is 0.619. The maximum atomic E-state index is 12.1. The number of nitrogens with zero attached hydrogens (tertiary/aromatic N) is 4. The van der Waals surface area contributed by atoms with Gasteiger partial charge in [-0.05, 0) is 17.9 Å². The van der Waals surface area contributed by atoms with Gasteiger partial charge in [0.25, 0.3) is 0 Å². The molecule has 0 aromatic carbocycles. The molecule has 0 aliphatic heterocycles. The van der Waals surface area contributed by atoms with Crippen molar-refractivity contribution in [2.24, 2.45) is 0 Å². The lowest BCUT2D eigenvalue weighted by molar-refractivity contribution is -0.113. The molecular weight excluding hydrogens is 370 g/mol. The Morgan fingerprint density at radius 1 is 1.42 bits per heavy atom. The number of carbonyl (C=O) groups excluding carboxylic acids is 1. The highest BCUT2D eigenvalue weighted by Gasteiger charge is 2.20. The van der Waals surface area contributed by atoms with E-state index in [1.54, 1.807) is 23.7 Å². The predicted octanol–water partition coefficient (Wildman–Crippen LogP) is 3.60. The molecule has 1 amide bonds. The van der Waals surface area contributed by atoms with Gasteiger partial charge in [-0.1, -0.05) is 43.8 Å². The van der Waals surface area contributed by atoms with Gasteiger partial charge < -0.3 is 9.09 Å². The zero-order chi connectivity index (χ0) is 18.6. The van der Waals surface area contributed by atoms with Crippen LogP contribution in [0.25, 0.3) is 0 Å². The molecule has 3 rings (SSSR count). The van der Waals surface area contributed by atoms with Crippen molar-refractivity contribution in [3.8, 4) is 0 Å². The summed E-state index contributed by atoms with van der Waals surface area (Å²) in [6.45, 7) is 6.90. The lowest BCUT2D eigenvalue weighted by Gasteiger charge is -2.12. The Labute approximate surface area is 160 Å². The molecule has 0 saturated heterocycles. The van der Waals surface area contributed by atoms with E-state index in [0.29, 0.717) is 5.88 Å². The van der Waals surface area contributed by atoms with Crippen molar-refractivity contribution in [1.29, 1.82) is 0 Å². The first-order chi connectivity index (χ1) is 12.4. The number of hydrogen-bond donors (Lipinski definition) is 1. The second-order valence-corrected chi connectivity index (χ2v) is 8.77. The van der Waals surface area contributed by atoms with Gasteiger partial charge in [-0.2, -0.15) is 0 Å². The van der Waals surface area contributed by atoms with Crippen LogP contribution >= 0.6 is 23.1 Å². The summed E-state index contributed by atoms with van der Waals surface area (Å²) >= 11 is 3.08. The molecule has 0 spiro atoms. The van der Waals surface area contributed by atoms with Crippen molar-refractivity contribution in [2.45, 2.75) is 44.3 Å². The summed E-state index contributed by atoms with van der Waals surface area (Å²) in [5.74, 6) is 0.419. The molecule has 9 heteroatoms. The first-order valence-electron chi connectivity index (χ1n) is 8.22. The smallest absolute Gasteiger partial charge is 0.237 e. The van der Waals surface area contributed by atoms with Gasteiger partial charge in [0.1, 0.15) is 6.33 Å². The first-order valence-corrected chi connectivity index (χ1v) is 10.1. The van der Waals surface area contributed by atoms with Crippen LogP contribution in [-0.4, -0.2) is 31.6 Å². The van der Waals surface area contributed by atoms with E-state index < -0.39 is 0 Å². The predicted molar refractivity (Wildman–Crippen MR) is 103 cm³/mol. The number of carbonyl (C=O) groups is 1. The number of nitrogens with one attached hydrogen (secondary N) is 1. The van der Waals surface area contributed by atoms with Crippen molar-refractivity contribution in [2.75, 3.05) is 11.1 Å². The molecule has 3 aromatic heterocycles. The molecule has 0 radical (unpaired) electrons. The summed E-state index contributed by atoms with van der Waals surface area (Å²) < 4.78 is 7.14. The minimum Gasteiger partial charge on any atom is -0.338 e. The maximum absolute atomic E-state index is 12.1. The zero-order valence-electron chi connectivity index (χ0n) is 14.9. The average Bonchev–Trinajstić information content (AvgIpc) is 3.31. The van der Waals surface area contributed by atoms with Gasteiger partial charge in [0.05, 0.1) is 11.4 Å². The van der Waals surface area contributed by atoms with Crippen LogP contribution in [0.1, 0.15) is 31.3 Å². The Kier molecular flexibility index (Phi) is 5.77. The fraction of sp³-hybridized carbons (Fsp3) is 0.412. The molecule has 3 heterocycles. The lowest BCUT2D eigenvalue weighted by atomic mass is 9.92. The number of aryl methyl sites for hydroxylation is 2. The molecule has 138 valence electrons. The van der Waals surface area contributed by atoms with Gasteiger partial charge in [0.15, 0.2) is 5.16 Å². The molecule has 26 heavy (non-hydrogen) atoms. The topological polar surface area (TPSA) is 85.8 Å². The molecular formula is C17H21N5O2S2. The second-order valence-electron chi connectivity index (χ2n) is 6.80. The van der Waals surface area contributed by atoms with Crippen LogP contribution in [0.4, 0.5) is 5.88 Å². The fourth-order valence-corrected chi connectivity index (χ4v) is 3.63. The second kappa shape index (κ2) is 8.05. The Bertz CT molecular complexity index is 849. The highest BCUT2D eigenvalue weighted by molar-refractivity contribution is 7.99. The van der Waals surface area contributed by atoms with E-state index in [1.807, 2.05) is 31.4 Å². The van der Waals surface area contributed by atoms with Gasteiger partial charge >= 0.3 is 0 Å². The van der Waals surface area contributed by atoms with Gasteiger partial charge in [-0.15, -0.1) is 21.5 Å². The SMILES string of the molecule is CC(C)(C)c1cc(NC(=O)CSc2nncn2CCc2cccs2)on1. The van der Waals surface area contributed by atoms with Crippen LogP contribution in [0.3, 0.4) is 0 Å². The van der Waals surface area contributed by atoms with Gasteiger partial charge in [-0.25, -0.2) is 0 Å². The summed E-state index contributed by atoms with van der Waals surface area (Å²) in [7, 11) is 0. The van der Waals surface area contributed by atoms with Crippen LogP contribution in [0.15, 0.2) is 39.6 Å². The van der Waals surface area contributed by atoms with E-state index in [1.165, 1.54) is 16.6 Å². The largest absolute Gasteiger partial charge is 0.338 e. The summed E-state index contributed by atoms with van der Waals surface area (Å²) in [4.78, 5) is 13.5. The summed E-state index contributed by atoms with van der Waals surface area (Å²) in [6, 6.07) is 5.91. The fourth-order valence-electron chi connectivity index (χ4n) is 2.19. The van der Waals surface area contributed by atoms with E-state index in [4.69, 9.17) is 4.52 Å². The Morgan fingerprint density at radius 2 is 2.27 bits per heavy atom. The maximum Gasteiger partial charge on any atom is 0.237 e. The number of aromatic nitrogens is 4. The van der Waals surface area contributed by atoms with E-state index in [2.05, 4.69) is 32.1 Å². The van der Waals surface area contributed by atoms with Crippen LogP contribution < -0.4 is 5.32 Å². The number of rotatable bonds is 7. The van der Waals surface area contributed by atoms with E-state index in [0.717, 1.165) is 23.8 Å². The van der Waals surface area contributed by atoms with Gasteiger partial charge in [0.2, 0.25) is 11.8 Å². The Hall–Kier alpha value is -2.13. The van der Waals surface area contributed by atoms with Crippen LogP contribution in [0.2, 0.25) is 0 Å². The van der Waals surface area contributed by atoms with Crippen molar-refractivity contribution in [3.05, 3.63) is 40.5 Å². The normalized spacial score (nSPS) is 11.7. The molecule has 0 unspecified atom stereocenters. The number of hydrogen-bond acceptors (Lipinski definition) is 7. The molecule has 0 bridgehead atoms. The monoisotopic (exact) mass is 391 g/mol. The highest BCUT2D eigenvalue weighted by Crippen LogP contribution is 2.24. The third kappa shape index (κ3) is 4.95. The van der Waals surface area contributed by atoms with Crippen LogP contribution in [0.5, 0.6) is 0 Å². The number of anilines is 1. The standard InChI is InChI=1S/C17H21N5O2S2/c1-17(2,3)13-9-15(24-21-13)19-14(23)10-26-16-20-18-11-22(16)7-6-12-5-4-8-25-12/h4-5,8-9,11H,6-7,10H2,1-3H3,(H,19,23). The third-order valence-electron chi connectivity index (χ3n) is 3.63. The van der Waals surface area contributed by atoms with E-state index in [-0.39, 0.29) is 17.1 Å². The molecule has 0 atom stereocenters. The third-order valence-corrected chi connectivity index (χ3v) is 5.55. The zero-order valence-corrected chi connectivity index (χ0v) is 16.6. The van der Waals surface area contributed by atoms with Crippen molar-refractivity contribution in [3.63, 3.8) is 0 Å². The number of thioether (sulfide) groups is 1. The molecule has 1 N–H and O–H groups in total. The van der Waals surface area contributed by atoms with Crippen molar-refractivity contribution < 1.29 is 9.32 Å². The molecule has 3 aromatic rings. The molecule has 0 fully saturated rings. The molecule has 0 saturated carbocycles. The number of thiophene rings is 1. The minimum atomic E-state index is -0.167. The molecule has 7 nitrogen and oxygen atoms in total. The number of amides is 1. The average molecular weight is 392 g/mol. The minimum absolute atomic E-state index is 0.125. The van der Waals surface area contributed by atoms with Crippen molar-refractivity contribution >= 4 is 34.9 Å². The van der Waals surface area contributed by atoms with Crippen LogP contribution in [0, 0.1) is 0 Å². The first kappa shape index (κ1) is 18.7. The molecule has 0 aliphatic carbocycles. The summed E-state index contributed by atoms with van der Waals surface area (Å²) in [5, 5.41) is 17.6. The van der Waals surface area contributed by atoms with Gasteiger partial charge in [0, 0.05) is 22.9 Å². The Balaban J connectivity index is 1.50. The van der Waals surface area contributed by atoms with E-state index in [9.17, 15) is 4.79 Å². The molecule has 0 aliphatic rings. The summed E-state index contributed by atoms with van der Waals surface area (Å²) in [5.41, 5.74) is 0.675. The highest BCUT2D eigenvalue weighted by atomic mass is 32.2. The van der Waals surface area contributed by atoms with Crippen LogP contribution in [-0.2, 0) is 23.2 Å². The lowest BCUT2D eigenvalue weighted by Crippen LogP contribution is -2.14. The van der Waals surface area contributed by atoms with E-state index >= 15 is 0 Å². The van der Waals surface area contributed by atoms with Crippen molar-refractivity contribution in [1.82, 2.24) is 19.9 Å². The summed E-state index contributed by atoms with van der Waals surface area (Å²) in [6.07, 6.45) is 2.61. The van der Waals surface area contributed by atoms with Gasteiger partial charge in [-0.3, -0.25) is 10.1 Å².